The number of hydrogen-bond donors (Lipinski definition) is 1. The second kappa shape index (κ2) is 4.97. The summed E-state index contributed by atoms with van der Waals surface area (Å²) in [6.07, 6.45) is 8.54. The number of aliphatic hydroxyl groups excluding tert-OH is 1. The molecule has 1 rings (SSSR count). The largest absolute Gasteiger partial charge is 0.396 e. The van der Waals surface area contributed by atoms with E-state index < -0.39 is 0 Å². The first kappa shape index (κ1) is 11.8. The molecule has 1 aliphatic rings. The van der Waals surface area contributed by atoms with Crippen molar-refractivity contribution >= 4 is 0 Å². The lowest BCUT2D eigenvalue weighted by Crippen LogP contribution is -2.26. The third-order valence-electron chi connectivity index (χ3n) is 3.53. The number of hydrogen-bond acceptors (Lipinski definition) is 1. The Morgan fingerprint density at radius 2 is 2.29 bits per heavy atom. The summed E-state index contributed by atoms with van der Waals surface area (Å²) in [7, 11) is 0. The first-order chi connectivity index (χ1) is 6.59. The molecule has 0 saturated heterocycles. The SMILES string of the molecule is CC/C(C)=C\C1(C)CCCC(CO)C1. The van der Waals surface area contributed by atoms with Gasteiger partial charge in [-0.3, -0.25) is 0 Å². The van der Waals surface area contributed by atoms with Crippen LogP contribution in [0.25, 0.3) is 0 Å². The van der Waals surface area contributed by atoms with Crippen LogP contribution in [0.4, 0.5) is 0 Å². The van der Waals surface area contributed by atoms with Crippen LogP contribution in [0.5, 0.6) is 0 Å². The summed E-state index contributed by atoms with van der Waals surface area (Å²) < 4.78 is 0. The van der Waals surface area contributed by atoms with Crippen LogP contribution in [-0.4, -0.2) is 11.7 Å². The Morgan fingerprint density at radius 1 is 1.57 bits per heavy atom. The molecule has 0 aromatic rings. The molecule has 0 aromatic heterocycles. The Kier molecular flexibility index (Phi) is 4.18. The topological polar surface area (TPSA) is 20.2 Å². The lowest BCUT2D eigenvalue weighted by molar-refractivity contribution is 0.135. The maximum absolute atomic E-state index is 9.19. The quantitative estimate of drug-likeness (QED) is 0.685. The van der Waals surface area contributed by atoms with E-state index in [4.69, 9.17) is 0 Å². The molecule has 1 saturated carbocycles. The van der Waals surface area contributed by atoms with Gasteiger partial charge in [0.2, 0.25) is 0 Å². The maximum Gasteiger partial charge on any atom is 0.0459 e. The van der Waals surface area contributed by atoms with Gasteiger partial charge in [0.1, 0.15) is 0 Å². The van der Waals surface area contributed by atoms with Gasteiger partial charge in [0, 0.05) is 6.61 Å². The van der Waals surface area contributed by atoms with Crippen LogP contribution in [0.15, 0.2) is 11.6 Å². The minimum atomic E-state index is 0.353. The first-order valence-corrected chi connectivity index (χ1v) is 5.89. The summed E-state index contributed by atoms with van der Waals surface area (Å²) in [5.74, 6) is 0.537. The highest BCUT2D eigenvalue weighted by molar-refractivity contribution is 5.07. The Morgan fingerprint density at radius 3 is 2.86 bits per heavy atom. The summed E-state index contributed by atoms with van der Waals surface area (Å²) in [5.41, 5.74) is 1.84. The van der Waals surface area contributed by atoms with Gasteiger partial charge in [-0.25, -0.2) is 0 Å². The van der Waals surface area contributed by atoms with Crippen molar-refractivity contribution in [3.8, 4) is 0 Å². The summed E-state index contributed by atoms with van der Waals surface area (Å²) in [4.78, 5) is 0. The van der Waals surface area contributed by atoms with E-state index in [1.807, 2.05) is 0 Å². The maximum atomic E-state index is 9.19. The van der Waals surface area contributed by atoms with E-state index in [0.717, 1.165) is 6.42 Å². The van der Waals surface area contributed by atoms with E-state index in [-0.39, 0.29) is 0 Å². The second-order valence-electron chi connectivity index (χ2n) is 5.14. The molecule has 1 aliphatic carbocycles. The number of aliphatic hydroxyl groups is 1. The van der Waals surface area contributed by atoms with Crippen molar-refractivity contribution in [1.82, 2.24) is 0 Å². The van der Waals surface area contributed by atoms with E-state index in [2.05, 4.69) is 26.8 Å². The number of rotatable bonds is 3. The van der Waals surface area contributed by atoms with Gasteiger partial charge in [-0.1, -0.05) is 31.9 Å². The second-order valence-corrected chi connectivity index (χ2v) is 5.14. The Bertz CT molecular complexity index is 207. The minimum Gasteiger partial charge on any atom is -0.396 e. The third-order valence-corrected chi connectivity index (χ3v) is 3.53. The van der Waals surface area contributed by atoms with Gasteiger partial charge in [-0.15, -0.1) is 0 Å². The molecule has 2 unspecified atom stereocenters. The highest BCUT2D eigenvalue weighted by atomic mass is 16.3. The predicted molar refractivity (Wildman–Crippen MR) is 61.2 cm³/mol. The van der Waals surface area contributed by atoms with Gasteiger partial charge in [-0.2, -0.15) is 0 Å². The molecule has 14 heavy (non-hydrogen) atoms. The van der Waals surface area contributed by atoms with E-state index in [1.54, 1.807) is 0 Å². The molecular formula is C13H24O. The van der Waals surface area contributed by atoms with Gasteiger partial charge in [0.15, 0.2) is 0 Å². The molecule has 0 aromatic carbocycles. The van der Waals surface area contributed by atoms with E-state index >= 15 is 0 Å². The summed E-state index contributed by atoms with van der Waals surface area (Å²) in [6, 6.07) is 0. The fourth-order valence-corrected chi connectivity index (χ4v) is 2.64. The molecule has 1 heteroatoms. The lowest BCUT2D eigenvalue weighted by Gasteiger charge is -2.36. The van der Waals surface area contributed by atoms with E-state index in [1.165, 1.54) is 31.3 Å². The van der Waals surface area contributed by atoms with Crippen LogP contribution in [0.3, 0.4) is 0 Å². The Labute approximate surface area is 88.2 Å². The standard InChI is InChI=1S/C13H24O/c1-4-11(2)8-13(3)7-5-6-12(9-13)10-14/h8,12,14H,4-7,9-10H2,1-3H3/b11-8-. The zero-order valence-corrected chi connectivity index (χ0v) is 9.84. The number of allylic oxidation sites excluding steroid dienone is 2. The highest BCUT2D eigenvalue weighted by Gasteiger charge is 2.29. The zero-order valence-electron chi connectivity index (χ0n) is 9.84. The van der Waals surface area contributed by atoms with Gasteiger partial charge in [0.05, 0.1) is 0 Å². The van der Waals surface area contributed by atoms with Crippen LogP contribution in [-0.2, 0) is 0 Å². The molecule has 1 N–H and O–H groups in total. The first-order valence-electron chi connectivity index (χ1n) is 5.89. The fraction of sp³-hybridized carbons (Fsp3) is 0.846. The van der Waals surface area contributed by atoms with Crippen LogP contribution < -0.4 is 0 Å². The minimum absolute atomic E-state index is 0.353. The van der Waals surface area contributed by atoms with Gasteiger partial charge >= 0.3 is 0 Å². The van der Waals surface area contributed by atoms with Crippen molar-refractivity contribution < 1.29 is 5.11 Å². The fourth-order valence-electron chi connectivity index (χ4n) is 2.64. The predicted octanol–water partition coefficient (Wildman–Crippen LogP) is 3.53. The molecule has 0 heterocycles. The van der Waals surface area contributed by atoms with Crippen molar-refractivity contribution in [2.75, 3.05) is 6.61 Å². The van der Waals surface area contributed by atoms with Crippen LogP contribution in [0.2, 0.25) is 0 Å². The molecular weight excluding hydrogens is 172 g/mol. The Hall–Kier alpha value is -0.300. The average molecular weight is 196 g/mol. The van der Waals surface area contributed by atoms with Crippen LogP contribution in [0, 0.1) is 11.3 Å². The monoisotopic (exact) mass is 196 g/mol. The highest BCUT2D eigenvalue weighted by Crippen LogP contribution is 2.40. The van der Waals surface area contributed by atoms with Gasteiger partial charge in [0.25, 0.3) is 0 Å². The van der Waals surface area contributed by atoms with Gasteiger partial charge in [-0.05, 0) is 43.9 Å². The van der Waals surface area contributed by atoms with E-state index in [9.17, 15) is 5.11 Å². The lowest BCUT2D eigenvalue weighted by atomic mass is 9.70. The van der Waals surface area contributed by atoms with Crippen LogP contribution in [0.1, 0.15) is 52.9 Å². The molecule has 82 valence electrons. The summed E-state index contributed by atoms with van der Waals surface area (Å²) in [6.45, 7) is 7.14. The van der Waals surface area contributed by atoms with Crippen molar-refractivity contribution in [2.45, 2.75) is 52.9 Å². The summed E-state index contributed by atoms with van der Waals surface area (Å²) in [5, 5.41) is 9.19. The third kappa shape index (κ3) is 3.13. The molecule has 1 fully saturated rings. The van der Waals surface area contributed by atoms with Crippen molar-refractivity contribution in [3.05, 3.63) is 11.6 Å². The van der Waals surface area contributed by atoms with Crippen molar-refractivity contribution in [2.24, 2.45) is 11.3 Å². The molecule has 0 amide bonds. The smallest absolute Gasteiger partial charge is 0.0459 e. The van der Waals surface area contributed by atoms with Gasteiger partial charge < -0.3 is 5.11 Å². The molecule has 0 spiro atoms. The molecule has 0 bridgehead atoms. The molecule has 2 atom stereocenters. The molecule has 0 radical (unpaired) electrons. The van der Waals surface area contributed by atoms with E-state index in [0.29, 0.717) is 17.9 Å². The molecule has 0 aliphatic heterocycles. The molecule has 1 nitrogen and oxygen atoms in total. The van der Waals surface area contributed by atoms with Crippen LogP contribution >= 0.6 is 0 Å². The Balaban J connectivity index is 2.63. The average Bonchev–Trinajstić information content (AvgIpc) is 2.17. The normalized spacial score (nSPS) is 34.6. The zero-order chi connectivity index (χ0) is 10.6. The van der Waals surface area contributed by atoms with Crippen molar-refractivity contribution in [1.29, 1.82) is 0 Å². The van der Waals surface area contributed by atoms with Crippen molar-refractivity contribution in [3.63, 3.8) is 0 Å². The summed E-state index contributed by atoms with van der Waals surface area (Å²) >= 11 is 0.